The van der Waals surface area contributed by atoms with Crippen LogP contribution >= 0.6 is 0 Å². The Morgan fingerprint density at radius 3 is 2.34 bits per heavy atom. The SMILES string of the molecule is C=C/C=C\C(C)=C/CC(CN1CCC(N2CCCCC2)CC1)C1(O)CCCCC1. The Morgan fingerprint density at radius 1 is 1.03 bits per heavy atom. The van der Waals surface area contributed by atoms with Gasteiger partial charge in [0.2, 0.25) is 0 Å². The fourth-order valence-electron chi connectivity index (χ4n) is 5.71. The first kappa shape index (κ1) is 22.8. The van der Waals surface area contributed by atoms with Crippen LogP contribution in [0.1, 0.15) is 77.6 Å². The van der Waals surface area contributed by atoms with Gasteiger partial charge in [0.05, 0.1) is 5.60 Å². The molecule has 3 rings (SSSR count). The molecule has 3 nitrogen and oxygen atoms in total. The van der Waals surface area contributed by atoms with E-state index in [2.05, 4.69) is 35.5 Å². The van der Waals surface area contributed by atoms with E-state index in [9.17, 15) is 5.11 Å². The largest absolute Gasteiger partial charge is 0.390 e. The van der Waals surface area contributed by atoms with Crippen LogP contribution in [0.25, 0.3) is 0 Å². The van der Waals surface area contributed by atoms with Crippen molar-refractivity contribution < 1.29 is 5.11 Å². The van der Waals surface area contributed by atoms with Gasteiger partial charge in [0.15, 0.2) is 0 Å². The lowest BCUT2D eigenvalue weighted by molar-refractivity contribution is -0.0617. The third kappa shape index (κ3) is 6.80. The number of hydrogen-bond donors (Lipinski definition) is 1. The maximum atomic E-state index is 11.5. The average molecular weight is 401 g/mol. The lowest BCUT2D eigenvalue weighted by atomic mass is 9.73. The van der Waals surface area contributed by atoms with Crippen LogP contribution in [0.2, 0.25) is 0 Å². The molecule has 0 aromatic carbocycles. The highest BCUT2D eigenvalue weighted by Gasteiger charge is 2.38. The number of piperidine rings is 2. The van der Waals surface area contributed by atoms with Crippen molar-refractivity contribution in [2.24, 2.45) is 5.92 Å². The first-order valence-electron chi connectivity index (χ1n) is 12.3. The average Bonchev–Trinajstić information content (AvgIpc) is 2.76. The van der Waals surface area contributed by atoms with Gasteiger partial charge in [-0.3, -0.25) is 0 Å². The highest BCUT2D eigenvalue weighted by molar-refractivity contribution is 5.19. The molecule has 0 amide bonds. The normalized spacial score (nSPS) is 26.6. The monoisotopic (exact) mass is 400 g/mol. The van der Waals surface area contributed by atoms with E-state index in [-0.39, 0.29) is 0 Å². The molecule has 1 atom stereocenters. The molecule has 1 N–H and O–H groups in total. The summed E-state index contributed by atoms with van der Waals surface area (Å²) < 4.78 is 0. The summed E-state index contributed by atoms with van der Waals surface area (Å²) >= 11 is 0. The molecule has 2 heterocycles. The van der Waals surface area contributed by atoms with Crippen LogP contribution in [-0.4, -0.2) is 59.3 Å². The van der Waals surface area contributed by atoms with Crippen molar-refractivity contribution in [2.75, 3.05) is 32.7 Å². The molecular weight excluding hydrogens is 356 g/mol. The van der Waals surface area contributed by atoms with E-state index in [1.54, 1.807) is 0 Å². The zero-order valence-electron chi connectivity index (χ0n) is 18.8. The Bertz CT molecular complexity index is 547. The molecule has 0 spiro atoms. The zero-order valence-corrected chi connectivity index (χ0v) is 18.8. The first-order valence-corrected chi connectivity index (χ1v) is 12.3. The first-order chi connectivity index (χ1) is 14.1. The van der Waals surface area contributed by atoms with E-state index in [0.717, 1.165) is 31.8 Å². The van der Waals surface area contributed by atoms with Gasteiger partial charge in [0, 0.05) is 18.5 Å². The van der Waals surface area contributed by atoms with E-state index in [4.69, 9.17) is 0 Å². The van der Waals surface area contributed by atoms with Gasteiger partial charge in [-0.05, 0) is 78.0 Å². The standard InChI is InChI=1S/C26H44N2O/c1-3-4-11-23(2)12-13-24(26(29)16-7-5-8-17-26)22-27-20-14-25(15-21-27)28-18-9-6-10-19-28/h3-4,11-12,24-25,29H,1,5-10,13-22H2,2H3/b11-4-,23-12-. The van der Waals surface area contributed by atoms with Crippen molar-refractivity contribution in [3.8, 4) is 0 Å². The summed E-state index contributed by atoms with van der Waals surface area (Å²) in [6.45, 7) is 12.0. The Balaban J connectivity index is 1.57. The summed E-state index contributed by atoms with van der Waals surface area (Å²) in [5.41, 5.74) is 0.805. The third-order valence-electron chi connectivity index (χ3n) is 7.64. The maximum Gasteiger partial charge on any atom is 0.0691 e. The molecule has 1 unspecified atom stereocenters. The zero-order chi connectivity index (χ0) is 20.5. The molecule has 3 aliphatic rings. The number of hydrogen-bond acceptors (Lipinski definition) is 3. The molecule has 164 valence electrons. The summed E-state index contributed by atoms with van der Waals surface area (Å²) in [4.78, 5) is 5.41. The molecule has 29 heavy (non-hydrogen) atoms. The lowest BCUT2D eigenvalue weighted by Crippen LogP contribution is -2.50. The highest BCUT2D eigenvalue weighted by Crippen LogP contribution is 2.37. The number of allylic oxidation sites excluding steroid dienone is 5. The van der Waals surface area contributed by atoms with Crippen molar-refractivity contribution in [1.29, 1.82) is 0 Å². The Labute approximate surface area is 179 Å². The fourth-order valence-corrected chi connectivity index (χ4v) is 5.71. The molecule has 0 aromatic rings. The molecule has 0 aromatic heterocycles. The van der Waals surface area contributed by atoms with Crippen LogP contribution in [0.3, 0.4) is 0 Å². The Kier molecular flexibility index (Phi) is 9.02. The second-order valence-electron chi connectivity index (χ2n) is 9.77. The Morgan fingerprint density at radius 2 is 1.69 bits per heavy atom. The minimum Gasteiger partial charge on any atom is -0.390 e. The maximum absolute atomic E-state index is 11.5. The van der Waals surface area contributed by atoms with Gasteiger partial charge in [-0.1, -0.05) is 62.1 Å². The van der Waals surface area contributed by atoms with Gasteiger partial charge in [0.1, 0.15) is 0 Å². The molecule has 3 heteroatoms. The van der Waals surface area contributed by atoms with E-state index in [1.807, 2.05) is 12.2 Å². The predicted molar refractivity (Wildman–Crippen MR) is 124 cm³/mol. The summed E-state index contributed by atoms with van der Waals surface area (Å²) in [5.74, 6) is 0.349. The highest BCUT2D eigenvalue weighted by atomic mass is 16.3. The molecule has 2 saturated heterocycles. The van der Waals surface area contributed by atoms with Crippen LogP contribution in [0.5, 0.6) is 0 Å². The van der Waals surface area contributed by atoms with Crippen molar-refractivity contribution in [1.82, 2.24) is 9.80 Å². The molecule has 3 fully saturated rings. The van der Waals surface area contributed by atoms with Gasteiger partial charge >= 0.3 is 0 Å². The van der Waals surface area contributed by atoms with Crippen LogP contribution in [0.15, 0.2) is 36.5 Å². The minimum absolute atomic E-state index is 0.349. The molecular formula is C26H44N2O. The van der Waals surface area contributed by atoms with Gasteiger partial charge in [-0.15, -0.1) is 0 Å². The topological polar surface area (TPSA) is 26.7 Å². The second kappa shape index (κ2) is 11.5. The van der Waals surface area contributed by atoms with Gasteiger partial charge in [-0.2, -0.15) is 0 Å². The molecule has 2 aliphatic heterocycles. The molecule has 0 bridgehead atoms. The fraction of sp³-hybridized carbons (Fsp3) is 0.769. The summed E-state index contributed by atoms with van der Waals surface area (Å²) in [5, 5.41) is 11.5. The summed E-state index contributed by atoms with van der Waals surface area (Å²) in [6.07, 6.45) is 21.7. The van der Waals surface area contributed by atoms with E-state index in [0.29, 0.717) is 5.92 Å². The number of likely N-dealkylation sites (tertiary alicyclic amines) is 2. The molecule has 0 radical (unpaired) electrons. The number of aliphatic hydroxyl groups is 1. The van der Waals surface area contributed by atoms with Gasteiger partial charge < -0.3 is 14.9 Å². The number of nitrogens with zero attached hydrogens (tertiary/aromatic N) is 2. The lowest BCUT2D eigenvalue weighted by Gasteiger charge is -2.44. The summed E-state index contributed by atoms with van der Waals surface area (Å²) in [7, 11) is 0. The van der Waals surface area contributed by atoms with Crippen molar-refractivity contribution in [3.63, 3.8) is 0 Å². The van der Waals surface area contributed by atoms with E-state index in [1.165, 1.54) is 83.1 Å². The minimum atomic E-state index is -0.471. The van der Waals surface area contributed by atoms with Crippen LogP contribution in [-0.2, 0) is 0 Å². The van der Waals surface area contributed by atoms with Crippen molar-refractivity contribution >= 4 is 0 Å². The van der Waals surface area contributed by atoms with Crippen LogP contribution < -0.4 is 0 Å². The molecule has 1 saturated carbocycles. The van der Waals surface area contributed by atoms with E-state index >= 15 is 0 Å². The third-order valence-corrected chi connectivity index (χ3v) is 7.64. The van der Waals surface area contributed by atoms with Crippen molar-refractivity contribution in [2.45, 2.75) is 89.2 Å². The molecule has 1 aliphatic carbocycles. The predicted octanol–water partition coefficient (Wildman–Crippen LogP) is 5.33. The van der Waals surface area contributed by atoms with Crippen molar-refractivity contribution in [3.05, 3.63) is 36.5 Å². The quantitative estimate of drug-likeness (QED) is 0.558. The Hall–Kier alpha value is -0.900. The van der Waals surface area contributed by atoms with Gasteiger partial charge in [-0.25, -0.2) is 0 Å². The van der Waals surface area contributed by atoms with Crippen LogP contribution in [0.4, 0.5) is 0 Å². The van der Waals surface area contributed by atoms with Crippen LogP contribution in [0, 0.1) is 5.92 Å². The van der Waals surface area contributed by atoms with Gasteiger partial charge in [0.25, 0.3) is 0 Å². The second-order valence-corrected chi connectivity index (χ2v) is 9.77. The van der Waals surface area contributed by atoms with E-state index < -0.39 is 5.60 Å². The summed E-state index contributed by atoms with van der Waals surface area (Å²) in [6, 6.07) is 0.800. The smallest absolute Gasteiger partial charge is 0.0691 e. The number of rotatable bonds is 8.